The molecule has 146 valence electrons. The lowest BCUT2D eigenvalue weighted by Crippen LogP contribution is -2.13. The van der Waals surface area contributed by atoms with E-state index in [0.717, 1.165) is 11.4 Å². The van der Waals surface area contributed by atoms with Crippen LogP contribution in [0.4, 0.5) is 11.5 Å². The summed E-state index contributed by atoms with van der Waals surface area (Å²) in [7, 11) is 1.62. The third kappa shape index (κ3) is 4.12. The lowest BCUT2D eigenvalue weighted by molar-refractivity contribution is 0.144. The van der Waals surface area contributed by atoms with Crippen molar-refractivity contribution >= 4 is 22.4 Å². The quantitative estimate of drug-likeness (QED) is 0.483. The van der Waals surface area contributed by atoms with Gasteiger partial charge in [0.05, 0.1) is 17.5 Å². The van der Waals surface area contributed by atoms with Crippen molar-refractivity contribution in [3.05, 3.63) is 89.2 Å². The third-order valence-corrected chi connectivity index (χ3v) is 4.47. The molecule has 1 N–H and O–H groups in total. The number of aromatic nitrogens is 2. The van der Waals surface area contributed by atoms with Crippen molar-refractivity contribution in [1.82, 2.24) is 9.55 Å². The van der Waals surface area contributed by atoms with Crippen LogP contribution in [0.1, 0.15) is 0 Å². The average molecular weight is 387 g/mol. The average Bonchev–Trinajstić information content (AvgIpc) is 2.75. The zero-order valence-corrected chi connectivity index (χ0v) is 16.0. The van der Waals surface area contributed by atoms with E-state index in [9.17, 15) is 4.79 Å². The molecule has 0 aliphatic rings. The molecule has 0 spiro atoms. The Balaban J connectivity index is 1.90. The van der Waals surface area contributed by atoms with Crippen LogP contribution in [0.25, 0.3) is 16.6 Å². The highest BCUT2D eigenvalue weighted by Crippen LogP contribution is 2.26. The first-order chi connectivity index (χ1) is 14.3. The molecule has 6 nitrogen and oxygen atoms in total. The molecule has 0 atom stereocenters. The van der Waals surface area contributed by atoms with E-state index in [0.29, 0.717) is 35.8 Å². The molecule has 4 aromatic rings. The van der Waals surface area contributed by atoms with Crippen LogP contribution >= 0.6 is 0 Å². The predicted molar refractivity (Wildman–Crippen MR) is 114 cm³/mol. The zero-order valence-electron chi connectivity index (χ0n) is 16.0. The molecule has 4 rings (SSSR count). The standard InChI is InChI=1S/C23H21N3O3/c1-28-12-13-29-23-14-20-19(16-24-23)21(27)15-22(25-17-8-4-2-5-9-17)26(20)18-10-6-3-7-11-18/h2-11,14-16,25H,12-13H2,1H3. The lowest BCUT2D eigenvalue weighted by Gasteiger charge is -2.18. The largest absolute Gasteiger partial charge is 0.475 e. The molecule has 2 aromatic heterocycles. The van der Waals surface area contributed by atoms with Gasteiger partial charge in [0.2, 0.25) is 5.88 Å². The number of methoxy groups -OCH3 is 1. The van der Waals surface area contributed by atoms with Crippen molar-refractivity contribution in [2.24, 2.45) is 0 Å². The number of hydrogen-bond donors (Lipinski definition) is 1. The van der Waals surface area contributed by atoms with Gasteiger partial charge in [-0.25, -0.2) is 4.98 Å². The summed E-state index contributed by atoms with van der Waals surface area (Å²) in [4.78, 5) is 17.1. The summed E-state index contributed by atoms with van der Waals surface area (Å²) in [5.74, 6) is 1.10. The molecular weight excluding hydrogens is 366 g/mol. The van der Waals surface area contributed by atoms with Crippen molar-refractivity contribution in [3.8, 4) is 11.6 Å². The molecule has 0 fully saturated rings. The number of para-hydroxylation sites is 2. The number of benzene rings is 2. The van der Waals surface area contributed by atoms with Crippen LogP contribution in [0.2, 0.25) is 0 Å². The van der Waals surface area contributed by atoms with Crippen LogP contribution in [-0.4, -0.2) is 29.9 Å². The predicted octanol–water partition coefficient (Wildman–Crippen LogP) is 4.15. The van der Waals surface area contributed by atoms with Gasteiger partial charge in [-0.2, -0.15) is 0 Å². The van der Waals surface area contributed by atoms with Crippen molar-refractivity contribution in [3.63, 3.8) is 0 Å². The molecule has 6 heteroatoms. The maximum absolute atomic E-state index is 12.8. The lowest BCUT2D eigenvalue weighted by atomic mass is 10.2. The summed E-state index contributed by atoms with van der Waals surface area (Å²) >= 11 is 0. The summed E-state index contributed by atoms with van der Waals surface area (Å²) < 4.78 is 12.7. The Labute approximate surface area is 168 Å². The Morgan fingerprint density at radius 2 is 1.69 bits per heavy atom. The Kier molecular flexibility index (Phi) is 5.54. The summed E-state index contributed by atoms with van der Waals surface area (Å²) in [6.45, 7) is 0.841. The highest BCUT2D eigenvalue weighted by molar-refractivity contribution is 5.84. The normalized spacial score (nSPS) is 10.8. The Morgan fingerprint density at radius 3 is 2.41 bits per heavy atom. The summed E-state index contributed by atoms with van der Waals surface area (Å²) in [5.41, 5.74) is 2.41. The van der Waals surface area contributed by atoms with E-state index in [4.69, 9.17) is 9.47 Å². The van der Waals surface area contributed by atoms with Gasteiger partial charge in [-0.3, -0.25) is 9.36 Å². The van der Waals surface area contributed by atoms with Gasteiger partial charge < -0.3 is 14.8 Å². The summed E-state index contributed by atoms with van der Waals surface area (Å²) in [5, 5.41) is 3.88. The molecule has 0 unspecified atom stereocenters. The second kappa shape index (κ2) is 8.58. The highest BCUT2D eigenvalue weighted by atomic mass is 16.5. The Morgan fingerprint density at radius 1 is 0.966 bits per heavy atom. The maximum Gasteiger partial charge on any atom is 0.215 e. The third-order valence-electron chi connectivity index (χ3n) is 4.47. The first-order valence-electron chi connectivity index (χ1n) is 9.31. The number of ether oxygens (including phenoxy) is 2. The summed E-state index contributed by atoms with van der Waals surface area (Å²) in [6, 6.07) is 23.0. The number of nitrogens with one attached hydrogen (secondary N) is 1. The minimum atomic E-state index is -0.110. The fourth-order valence-corrected chi connectivity index (χ4v) is 3.12. The van der Waals surface area contributed by atoms with Crippen LogP contribution in [0, 0.1) is 0 Å². The molecule has 29 heavy (non-hydrogen) atoms. The molecule has 0 bridgehead atoms. The highest BCUT2D eigenvalue weighted by Gasteiger charge is 2.13. The minimum absolute atomic E-state index is 0.110. The zero-order chi connectivity index (χ0) is 20.1. The van der Waals surface area contributed by atoms with E-state index < -0.39 is 0 Å². The summed E-state index contributed by atoms with van der Waals surface area (Å²) in [6.07, 6.45) is 1.56. The van der Waals surface area contributed by atoms with E-state index in [1.165, 1.54) is 0 Å². The van der Waals surface area contributed by atoms with Gasteiger partial charge in [-0.05, 0) is 24.3 Å². The molecule has 0 aliphatic carbocycles. The van der Waals surface area contributed by atoms with Crippen LogP contribution < -0.4 is 15.5 Å². The van der Waals surface area contributed by atoms with Crippen LogP contribution in [-0.2, 0) is 4.74 Å². The number of hydrogen-bond acceptors (Lipinski definition) is 5. The second-order valence-electron chi connectivity index (χ2n) is 6.44. The topological polar surface area (TPSA) is 65.4 Å². The number of nitrogens with zero attached hydrogens (tertiary/aromatic N) is 2. The van der Waals surface area contributed by atoms with Crippen molar-refractivity contribution in [2.75, 3.05) is 25.6 Å². The molecule has 0 radical (unpaired) electrons. The van der Waals surface area contributed by atoms with Crippen LogP contribution in [0.15, 0.2) is 83.8 Å². The van der Waals surface area contributed by atoms with Gasteiger partial charge >= 0.3 is 0 Å². The van der Waals surface area contributed by atoms with Gasteiger partial charge in [-0.1, -0.05) is 36.4 Å². The Hall–Kier alpha value is -3.64. The van der Waals surface area contributed by atoms with E-state index in [-0.39, 0.29) is 5.43 Å². The maximum atomic E-state index is 12.8. The van der Waals surface area contributed by atoms with Gasteiger partial charge in [0, 0.05) is 36.8 Å². The van der Waals surface area contributed by atoms with E-state index in [1.807, 2.05) is 65.2 Å². The monoisotopic (exact) mass is 387 g/mol. The number of pyridine rings is 2. The van der Waals surface area contributed by atoms with E-state index in [1.54, 1.807) is 25.4 Å². The van der Waals surface area contributed by atoms with Gasteiger partial charge in [-0.15, -0.1) is 0 Å². The second-order valence-corrected chi connectivity index (χ2v) is 6.44. The molecule has 2 heterocycles. The van der Waals surface area contributed by atoms with Crippen LogP contribution in [0.5, 0.6) is 5.88 Å². The van der Waals surface area contributed by atoms with Gasteiger partial charge in [0.15, 0.2) is 5.43 Å². The Bertz CT molecular complexity index is 1160. The van der Waals surface area contributed by atoms with Crippen molar-refractivity contribution < 1.29 is 9.47 Å². The molecule has 0 saturated carbocycles. The molecule has 0 aliphatic heterocycles. The smallest absolute Gasteiger partial charge is 0.215 e. The fourth-order valence-electron chi connectivity index (χ4n) is 3.12. The molecule has 0 saturated heterocycles. The van der Waals surface area contributed by atoms with E-state index in [2.05, 4.69) is 10.3 Å². The van der Waals surface area contributed by atoms with Gasteiger partial charge in [0.25, 0.3) is 0 Å². The van der Waals surface area contributed by atoms with Gasteiger partial charge in [0.1, 0.15) is 12.4 Å². The van der Waals surface area contributed by atoms with Crippen molar-refractivity contribution in [1.29, 1.82) is 0 Å². The van der Waals surface area contributed by atoms with Crippen molar-refractivity contribution in [2.45, 2.75) is 0 Å². The number of fused-ring (bicyclic) bond motifs is 1. The van der Waals surface area contributed by atoms with E-state index >= 15 is 0 Å². The molecule has 2 aromatic carbocycles. The fraction of sp³-hybridized carbons (Fsp3) is 0.130. The molecular formula is C23H21N3O3. The number of rotatable bonds is 7. The first-order valence-corrected chi connectivity index (χ1v) is 9.31. The SMILES string of the molecule is COCCOc1cc2c(cn1)c(=O)cc(Nc1ccccc1)n2-c1ccccc1. The first kappa shape index (κ1) is 18.7. The number of anilines is 2. The molecule has 0 amide bonds. The minimum Gasteiger partial charge on any atom is -0.475 e. The van der Waals surface area contributed by atoms with Crippen LogP contribution in [0.3, 0.4) is 0 Å².